The van der Waals surface area contributed by atoms with E-state index >= 15 is 0 Å². The highest BCUT2D eigenvalue weighted by Crippen LogP contribution is 2.22. The maximum atomic E-state index is 5.86. The summed E-state index contributed by atoms with van der Waals surface area (Å²) in [5, 5.41) is 0. The summed E-state index contributed by atoms with van der Waals surface area (Å²) in [5.41, 5.74) is 8.73. The summed E-state index contributed by atoms with van der Waals surface area (Å²) in [4.78, 5) is 0. The molecule has 0 spiro atoms. The molecule has 0 aromatic heterocycles. The van der Waals surface area contributed by atoms with Gasteiger partial charge in [-0.15, -0.1) is 0 Å². The van der Waals surface area contributed by atoms with Gasteiger partial charge in [0.25, 0.3) is 0 Å². The summed E-state index contributed by atoms with van der Waals surface area (Å²) in [7, 11) is 0. The van der Waals surface area contributed by atoms with Crippen molar-refractivity contribution >= 4 is 21.6 Å². The third kappa shape index (κ3) is 3.34. The van der Waals surface area contributed by atoms with E-state index in [1.54, 1.807) is 0 Å². The molecule has 0 fully saturated rings. The molecule has 2 rings (SSSR count). The first kappa shape index (κ1) is 13.1. The molecular formula is C15H16BrNO. The van der Waals surface area contributed by atoms with Crippen LogP contribution >= 0.6 is 15.9 Å². The predicted octanol–water partition coefficient (Wildman–Crippen LogP) is 4.31. The Morgan fingerprint density at radius 3 is 2.44 bits per heavy atom. The first-order valence-corrected chi connectivity index (χ1v) is 6.66. The Balaban J connectivity index is 1.98. The maximum absolute atomic E-state index is 5.86. The number of halogens is 1. The largest absolute Gasteiger partial charge is 0.399 e. The molecule has 0 radical (unpaired) electrons. The fraction of sp³-hybridized carbons (Fsp3) is 0.200. The molecule has 2 nitrogen and oxygen atoms in total. The summed E-state index contributed by atoms with van der Waals surface area (Å²) >= 11 is 3.52. The summed E-state index contributed by atoms with van der Waals surface area (Å²) in [6.07, 6.45) is 0.0534. The Labute approximate surface area is 116 Å². The van der Waals surface area contributed by atoms with E-state index in [-0.39, 0.29) is 6.10 Å². The van der Waals surface area contributed by atoms with Gasteiger partial charge in [0.05, 0.1) is 12.7 Å². The lowest BCUT2D eigenvalue weighted by molar-refractivity contribution is 0.0522. The zero-order valence-electron chi connectivity index (χ0n) is 10.3. The summed E-state index contributed by atoms with van der Waals surface area (Å²) in [5.74, 6) is 0. The van der Waals surface area contributed by atoms with E-state index in [1.165, 1.54) is 0 Å². The molecule has 0 saturated carbocycles. The minimum atomic E-state index is 0.0534. The number of anilines is 1. The van der Waals surface area contributed by atoms with Crippen LogP contribution in [-0.2, 0) is 11.3 Å². The highest BCUT2D eigenvalue weighted by molar-refractivity contribution is 9.10. The second-order valence-electron chi connectivity index (χ2n) is 4.21. The van der Waals surface area contributed by atoms with Crippen molar-refractivity contribution in [3.63, 3.8) is 0 Å². The smallest absolute Gasteiger partial charge is 0.0801 e. The zero-order chi connectivity index (χ0) is 13.0. The first-order valence-electron chi connectivity index (χ1n) is 5.87. The third-order valence-corrected chi connectivity index (χ3v) is 3.63. The lowest BCUT2D eigenvalue weighted by atomic mass is 10.1. The van der Waals surface area contributed by atoms with Gasteiger partial charge in [0.2, 0.25) is 0 Å². The molecule has 0 heterocycles. The molecule has 0 saturated heterocycles. The molecule has 1 unspecified atom stereocenters. The maximum Gasteiger partial charge on any atom is 0.0801 e. The van der Waals surface area contributed by atoms with Crippen molar-refractivity contribution in [1.82, 2.24) is 0 Å². The molecule has 0 aliphatic heterocycles. The number of nitrogens with two attached hydrogens (primary N) is 1. The summed E-state index contributed by atoms with van der Waals surface area (Å²) < 4.78 is 6.94. The van der Waals surface area contributed by atoms with Gasteiger partial charge in [0.15, 0.2) is 0 Å². The Morgan fingerprint density at radius 2 is 1.78 bits per heavy atom. The van der Waals surface area contributed by atoms with E-state index in [2.05, 4.69) is 22.0 Å². The van der Waals surface area contributed by atoms with Gasteiger partial charge in [-0.2, -0.15) is 0 Å². The average molecular weight is 306 g/mol. The van der Waals surface area contributed by atoms with E-state index in [4.69, 9.17) is 10.5 Å². The van der Waals surface area contributed by atoms with Crippen molar-refractivity contribution in [2.24, 2.45) is 0 Å². The van der Waals surface area contributed by atoms with Crippen LogP contribution in [0.5, 0.6) is 0 Å². The van der Waals surface area contributed by atoms with E-state index in [9.17, 15) is 0 Å². The molecule has 18 heavy (non-hydrogen) atoms. The Bertz CT molecular complexity index is 510. The van der Waals surface area contributed by atoms with Crippen LogP contribution in [0.25, 0.3) is 0 Å². The Kier molecular flexibility index (Phi) is 4.39. The summed E-state index contributed by atoms with van der Waals surface area (Å²) in [6, 6.07) is 15.9. The average Bonchev–Trinajstić information content (AvgIpc) is 2.38. The van der Waals surface area contributed by atoms with Crippen molar-refractivity contribution < 1.29 is 4.74 Å². The Morgan fingerprint density at radius 1 is 1.11 bits per heavy atom. The predicted molar refractivity (Wildman–Crippen MR) is 78.2 cm³/mol. The van der Waals surface area contributed by atoms with Gasteiger partial charge in [0, 0.05) is 10.2 Å². The van der Waals surface area contributed by atoms with Crippen molar-refractivity contribution in [2.45, 2.75) is 19.6 Å². The van der Waals surface area contributed by atoms with Crippen LogP contribution in [0.1, 0.15) is 24.2 Å². The van der Waals surface area contributed by atoms with Gasteiger partial charge in [0.1, 0.15) is 0 Å². The fourth-order valence-corrected chi connectivity index (χ4v) is 2.09. The standard InChI is InChI=1S/C15H16BrNO/c1-11(12-6-8-14(17)9-7-12)18-10-13-4-2-3-5-15(13)16/h2-9,11H,10,17H2,1H3. The minimum Gasteiger partial charge on any atom is -0.399 e. The molecule has 2 N–H and O–H groups in total. The molecule has 2 aromatic rings. The second-order valence-corrected chi connectivity index (χ2v) is 5.07. The van der Waals surface area contributed by atoms with Crippen LogP contribution in [0.2, 0.25) is 0 Å². The lowest BCUT2D eigenvalue weighted by Crippen LogP contribution is -2.01. The first-order chi connectivity index (χ1) is 8.66. The molecule has 0 amide bonds. The van der Waals surface area contributed by atoms with Crippen LogP contribution in [0.3, 0.4) is 0 Å². The van der Waals surface area contributed by atoms with Crippen molar-refractivity contribution in [3.8, 4) is 0 Å². The Hall–Kier alpha value is -1.32. The minimum absolute atomic E-state index is 0.0534. The molecule has 94 valence electrons. The number of benzene rings is 2. The number of hydrogen-bond donors (Lipinski definition) is 1. The molecule has 0 bridgehead atoms. The van der Waals surface area contributed by atoms with Gasteiger partial charge < -0.3 is 10.5 Å². The normalized spacial score (nSPS) is 12.3. The van der Waals surface area contributed by atoms with Crippen molar-refractivity contribution in [3.05, 3.63) is 64.1 Å². The highest BCUT2D eigenvalue weighted by atomic mass is 79.9. The monoisotopic (exact) mass is 305 g/mol. The van der Waals surface area contributed by atoms with E-state index < -0.39 is 0 Å². The number of ether oxygens (including phenoxy) is 1. The molecule has 1 atom stereocenters. The quantitative estimate of drug-likeness (QED) is 0.854. The highest BCUT2D eigenvalue weighted by Gasteiger charge is 2.07. The molecule has 2 aromatic carbocycles. The van der Waals surface area contributed by atoms with Crippen molar-refractivity contribution in [2.75, 3.05) is 5.73 Å². The molecule has 0 aliphatic rings. The number of hydrogen-bond acceptors (Lipinski definition) is 2. The molecule has 3 heteroatoms. The van der Waals surface area contributed by atoms with Crippen molar-refractivity contribution in [1.29, 1.82) is 0 Å². The van der Waals surface area contributed by atoms with Crippen LogP contribution in [0, 0.1) is 0 Å². The van der Waals surface area contributed by atoms with Gasteiger partial charge in [-0.05, 0) is 36.2 Å². The van der Waals surface area contributed by atoms with Gasteiger partial charge in [-0.3, -0.25) is 0 Å². The van der Waals surface area contributed by atoms with E-state index in [0.717, 1.165) is 21.3 Å². The van der Waals surface area contributed by atoms with E-state index in [0.29, 0.717) is 6.61 Å². The lowest BCUT2D eigenvalue weighted by Gasteiger charge is -2.14. The van der Waals surface area contributed by atoms with Gasteiger partial charge >= 0.3 is 0 Å². The zero-order valence-corrected chi connectivity index (χ0v) is 11.9. The SMILES string of the molecule is CC(OCc1ccccc1Br)c1ccc(N)cc1. The van der Waals surface area contributed by atoms with Crippen LogP contribution in [0.4, 0.5) is 5.69 Å². The van der Waals surface area contributed by atoms with Gasteiger partial charge in [-0.25, -0.2) is 0 Å². The second kappa shape index (κ2) is 6.03. The number of rotatable bonds is 4. The van der Waals surface area contributed by atoms with Crippen LogP contribution in [-0.4, -0.2) is 0 Å². The van der Waals surface area contributed by atoms with Crippen LogP contribution in [0.15, 0.2) is 53.0 Å². The number of nitrogen functional groups attached to an aromatic ring is 1. The fourth-order valence-electron chi connectivity index (χ4n) is 1.69. The summed E-state index contributed by atoms with van der Waals surface area (Å²) in [6.45, 7) is 2.63. The van der Waals surface area contributed by atoms with Crippen LogP contribution < -0.4 is 5.73 Å². The van der Waals surface area contributed by atoms with Gasteiger partial charge in [-0.1, -0.05) is 46.3 Å². The topological polar surface area (TPSA) is 35.2 Å². The van der Waals surface area contributed by atoms with E-state index in [1.807, 2.05) is 49.4 Å². The molecular weight excluding hydrogens is 290 g/mol. The third-order valence-electron chi connectivity index (χ3n) is 2.85. The molecule has 0 aliphatic carbocycles.